The van der Waals surface area contributed by atoms with Gasteiger partial charge in [0.05, 0.1) is 0 Å². The van der Waals surface area contributed by atoms with Crippen LogP contribution in [0.1, 0.15) is 101 Å². The number of benzene rings is 4. The molecule has 284 valence electrons. The number of halogens is 2. The summed E-state index contributed by atoms with van der Waals surface area (Å²) in [6.45, 7) is 9.08. The van der Waals surface area contributed by atoms with Crippen LogP contribution in [-0.4, -0.2) is 5.43 Å². The van der Waals surface area contributed by atoms with E-state index < -0.39 is 0 Å². The first-order valence-electron chi connectivity index (χ1n) is 20.5. The summed E-state index contributed by atoms with van der Waals surface area (Å²) in [5.74, 6) is 1.83. The predicted octanol–water partition coefficient (Wildman–Crippen LogP) is 8.61. The quantitative estimate of drug-likeness (QED) is 0.0958. The zero-order valence-corrected chi connectivity index (χ0v) is 38.2. The van der Waals surface area contributed by atoms with Gasteiger partial charge in [0.2, 0.25) is 0 Å². The van der Waals surface area contributed by atoms with Crippen molar-refractivity contribution in [1.29, 1.82) is 0 Å². The van der Waals surface area contributed by atoms with Crippen LogP contribution in [-0.2, 0) is 49.0 Å². The van der Waals surface area contributed by atoms with Crippen molar-refractivity contribution in [2.24, 2.45) is 11.8 Å². The SMILES string of the molecule is CCC[Si](C)=[Zr+2].CCc1ccc(-c2cccc3[cH-]c(CC4CCCC4)cc23)cc1.CCc1ccc(-c2cccc3[cH-]c(CC4CCCC4)cc23)cc1.[Cl-].[Cl-]. The summed E-state index contributed by atoms with van der Waals surface area (Å²) in [6, 6.07) is 42.8. The fourth-order valence-corrected chi connectivity index (χ4v) is 11.2. The Labute approximate surface area is 354 Å². The molecule has 0 aromatic heterocycles. The first kappa shape index (κ1) is 44.5. The van der Waals surface area contributed by atoms with Crippen LogP contribution in [0.3, 0.4) is 0 Å². The van der Waals surface area contributed by atoms with Gasteiger partial charge in [0.15, 0.2) is 0 Å². The normalized spacial score (nSPS) is 14.2. The molecular weight excluding hydrogens is 791 g/mol. The van der Waals surface area contributed by atoms with E-state index >= 15 is 0 Å². The second kappa shape index (κ2) is 22.5. The Morgan fingerprint density at radius 1 is 0.574 bits per heavy atom. The molecule has 2 saturated carbocycles. The summed E-state index contributed by atoms with van der Waals surface area (Å²) >= 11 is 1.79. The minimum Gasteiger partial charge on any atom is -1.00 e. The molecule has 54 heavy (non-hydrogen) atoms. The molecule has 0 N–H and O–H groups in total. The van der Waals surface area contributed by atoms with Crippen LogP contribution in [0.15, 0.2) is 109 Å². The molecule has 2 aliphatic carbocycles. The largest absolute Gasteiger partial charge is 1.00 e. The van der Waals surface area contributed by atoms with Gasteiger partial charge < -0.3 is 24.8 Å². The molecule has 0 unspecified atom stereocenters. The van der Waals surface area contributed by atoms with Crippen molar-refractivity contribution in [3.05, 3.63) is 131 Å². The fourth-order valence-electron chi connectivity index (χ4n) is 8.64. The van der Waals surface area contributed by atoms with E-state index in [0.29, 0.717) is 0 Å². The van der Waals surface area contributed by atoms with Crippen molar-refractivity contribution >= 4 is 27.0 Å². The molecule has 0 bridgehead atoms. The first-order valence-corrected chi connectivity index (χ1v) is 26.4. The van der Waals surface area contributed by atoms with Gasteiger partial charge in [0, 0.05) is 0 Å². The number of hydrogen-bond donors (Lipinski definition) is 0. The Balaban J connectivity index is 0.000000203. The maximum absolute atomic E-state index is 2.44. The summed E-state index contributed by atoms with van der Waals surface area (Å²) in [4.78, 5) is 0. The van der Waals surface area contributed by atoms with Gasteiger partial charge in [-0.2, -0.15) is 12.1 Å². The van der Waals surface area contributed by atoms with Gasteiger partial charge in [-0.25, -0.2) is 0 Å². The molecule has 0 heterocycles. The smallest absolute Gasteiger partial charge is 0.0279 e. The van der Waals surface area contributed by atoms with Gasteiger partial charge in [0.1, 0.15) is 0 Å². The fraction of sp³-hybridized carbons (Fsp3) is 0.400. The molecule has 0 amide bonds. The van der Waals surface area contributed by atoms with E-state index in [1.807, 2.05) is 0 Å². The zero-order chi connectivity index (χ0) is 36.3. The molecule has 0 spiro atoms. The van der Waals surface area contributed by atoms with Crippen molar-refractivity contribution < 1.29 is 48.1 Å². The molecule has 6 aromatic carbocycles. The minimum absolute atomic E-state index is 0. The summed E-state index contributed by atoms with van der Waals surface area (Å²) < 4.78 is 0. The Hall–Kier alpha value is -2.22. The number of fused-ring (bicyclic) bond motifs is 2. The van der Waals surface area contributed by atoms with Crippen LogP contribution >= 0.6 is 0 Å². The van der Waals surface area contributed by atoms with E-state index in [1.54, 1.807) is 23.3 Å². The Bertz CT molecular complexity index is 1860. The standard InChI is InChI=1S/2C23H25.C4H10Si.2ClH.Zr/c2*1-2-17-10-12-20(13-11-17)22-9-5-8-21-15-19(16-23(21)22)14-18-6-3-4-7-18;1-3-4-5-2;;;/h2*5,8-13,15-16,18H,2-4,6-7,14H2,1H3;3-4H2,1-2H3;2*1H;/q2*-1;;;;+2/p-2. The van der Waals surface area contributed by atoms with Gasteiger partial charge in [-0.05, 0) is 59.8 Å². The summed E-state index contributed by atoms with van der Waals surface area (Å²) in [5.41, 5.74) is 11.5. The molecule has 8 rings (SSSR count). The topological polar surface area (TPSA) is 0 Å². The second-order valence-electron chi connectivity index (χ2n) is 15.7. The third-order valence-corrected chi connectivity index (χ3v) is 14.7. The van der Waals surface area contributed by atoms with Gasteiger partial charge in [-0.1, -0.05) is 137 Å². The molecule has 6 aromatic rings. The van der Waals surface area contributed by atoms with Gasteiger partial charge in [-0.3, -0.25) is 0 Å². The van der Waals surface area contributed by atoms with E-state index in [2.05, 4.69) is 137 Å². The zero-order valence-electron chi connectivity index (χ0n) is 33.2. The molecule has 2 aliphatic rings. The monoisotopic (exact) mass is 848 g/mol. The van der Waals surface area contributed by atoms with Crippen LogP contribution in [0.25, 0.3) is 43.8 Å². The molecule has 0 radical (unpaired) electrons. The summed E-state index contributed by atoms with van der Waals surface area (Å²) in [5, 5.41) is 5.64. The van der Waals surface area contributed by atoms with E-state index in [9.17, 15) is 0 Å². The van der Waals surface area contributed by atoms with Crippen molar-refractivity contribution in [2.45, 2.75) is 117 Å². The average molecular weight is 851 g/mol. The van der Waals surface area contributed by atoms with Crippen LogP contribution < -0.4 is 24.8 Å². The van der Waals surface area contributed by atoms with Gasteiger partial charge >= 0.3 is 54.7 Å². The van der Waals surface area contributed by atoms with Crippen LogP contribution in [0.2, 0.25) is 12.6 Å². The Morgan fingerprint density at radius 3 is 1.28 bits per heavy atom. The van der Waals surface area contributed by atoms with Gasteiger partial charge in [0.25, 0.3) is 0 Å². The maximum atomic E-state index is 2.44. The third-order valence-electron chi connectivity index (χ3n) is 11.6. The van der Waals surface area contributed by atoms with Crippen molar-refractivity contribution in [3.8, 4) is 22.3 Å². The molecule has 0 aliphatic heterocycles. The molecule has 0 atom stereocenters. The van der Waals surface area contributed by atoms with Gasteiger partial charge in [-0.15, -0.1) is 69.1 Å². The van der Waals surface area contributed by atoms with E-state index in [0.717, 1.165) is 24.7 Å². The minimum atomic E-state index is 0. The Morgan fingerprint density at radius 2 is 0.963 bits per heavy atom. The number of rotatable bonds is 10. The molecule has 4 heteroatoms. The molecule has 2 fully saturated rings. The van der Waals surface area contributed by atoms with Crippen molar-refractivity contribution in [2.75, 3.05) is 0 Å². The predicted molar refractivity (Wildman–Crippen MR) is 227 cm³/mol. The maximum Gasteiger partial charge on any atom is -0.0279 e. The van der Waals surface area contributed by atoms with Crippen molar-refractivity contribution in [1.82, 2.24) is 0 Å². The number of hydrogen-bond acceptors (Lipinski definition) is 0. The molecular formula is C50H60Cl2SiZr-2. The van der Waals surface area contributed by atoms with E-state index in [-0.39, 0.29) is 30.2 Å². The Kier molecular flexibility index (Phi) is 18.5. The summed E-state index contributed by atoms with van der Waals surface area (Å²) in [6.07, 6.45) is 17.6. The second-order valence-corrected chi connectivity index (χ2v) is 24.0. The van der Waals surface area contributed by atoms with Crippen LogP contribution in [0.4, 0.5) is 0 Å². The third kappa shape index (κ3) is 12.1. The molecule has 0 nitrogen and oxygen atoms in total. The van der Waals surface area contributed by atoms with E-state index in [1.165, 1.54) is 143 Å². The van der Waals surface area contributed by atoms with Crippen molar-refractivity contribution in [3.63, 3.8) is 0 Å². The average Bonchev–Trinajstić information content (AvgIpc) is 4.00. The number of aryl methyl sites for hydroxylation is 2. The molecule has 0 saturated heterocycles. The van der Waals surface area contributed by atoms with Crippen LogP contribution in [0.5, 0.6) is 0 Å². The van der Waals surface area contributed by atoms with E-state index in [4.69, 9.17) is 0 Å². The first-order chi connectivity index (χ1) is 25.4. The summed E-state index contributed by atoms with van der Waals surface area (Å²) in [7, 11) is 0. The van der Waals surface area contributed by atoms with Crippen LogP contribution in [0, 0.1) is 11.8 Å².